The Morgan fingerprint density at radius 1 is 1.19 bits per heavy atom. The molecule has 2 rings (SSSR count). The van der Waals surface area contributed by atoms with Gasteiger partial charge < -0.3 is 15.4 Å². The first-order chi connectivity index (χ1) is 10.2. The second-order valence-electron chi connectivity index (χ2n) is 5.11. The fourth-order valence-corrected chi connectivity index (χ4v) is 2.43. The van der Waals surface area contributed by atoms with Crippen LogP contribution in [-0.4, -0.2) is 61.6 Å². The maximum absolute atomic E-state index is 12.1. The van der Waals surface area contributed by atoms with Crippen molar-refractivity contribution < 1.29 is 9.53 Å². The number of piperazine rings is 1. The third-order valence-electron chi connectivity index (χ3n) is 3.58. The molecule has 2 N–H and O–H groups in total. The van der Waals surface area contributed by atoms with Crippen LogP contribution in [0, 0.1) is 0 Å². The molecule has 5 nitrogen and oxygen atoms in total. The molecule has 1 aromatic carbocycles. The standard InChI is InChI=1S/C15H22ClN3O2/c16-13-2-4-14(5-3-13)21-12-15(20)19-10-8-18(9-11-19)7-1-6-17/h2-5H,1,6-12,17H2. The van der Waals surface area contributed by atoms with E-state index >= 15 is 0 Å². The molecule has 6 heteroatoms. The van der Waals surface area contributed by atoms with Gasteiger partial charge in [-0.15, -0.1) is 0 Å². The van der Waals surface area contributed by atoms with Crippen molar-refractivity contribution in [3.63, 3.8) is 0 Å². The number of nitrogens with zero attached hydrogens (tertiary/aromatic N) is 2. The molecule has 0 aliphatic carbocycles. The second kappa shape index (κ2) is 8.22. The Morgan fingerprint density at radius 3 is 2.48 bits per heavy atom. The number of rotatable bonds is 6. The number of halogens is 1. The summed E-state index contributed by atoms with van der Waals surface area (Å²) in [5.41, 5.74) is 5.51. The van der Waals surface area contributed by atoms with Crippen LogP contribution in [0.25, 0.3) is 0 Å². The highest BCUT2D eigenvalue weighted by Crippen LogP contribution is 2.15. The summed E-state index contributed by atoms with van der Waals surface area (Å²) in [6, 6.07) is 7.02. The van der Waals surface area contributed by atoms with Gasteiger partial charge in [-0.2, -0.15) is 0 Å². The minimum Gasteiger partial charge on any atom is -0.484 e. The zero-order chi connectivity index (χ0) is 15.1. The Kier molecular flexibility index (Phi) is 6.29. The Labute approximate surface area is 130 Å². The Hall–Kier alpha value is -1.30. The summed E-state index contributed by atoms with van der Waals surface area (Å²) >= 11 is 5.80. The molecule has 0 bridgehead atoms. The van der Waals surface area contributed by atoms with Crippen LogP contribution in [0.4, 0.5) is 0 Å². The molecule has 21 heavy (non-hydrogen) atoms. The van der Waals surface area contributed by atoms with E-state index in [1.165, 1.54) is 0 Å². The van der Waals surface area contributed by atoms with Crippen molar-refractivity contribution in [2.45, 2.75) is 6.42 Å². The summed E-state index contributed by atoms with van der Waals surface area (Å²) in [5.74, 6) is 0.692. The van der Waals surface area contributed by atoms with E-state index in [1.807, 2.05) is 4.90 Å². The lowest BCUT2D eigenvalue weighted by atomic mass is 10.3. The van der Waals surface area contributed by atoms with Crippen molar-refractivity contribution in [3.8, 4) is 5.75 Å². The van der Waals surface area contributed by atoms with Crippen LogP contribution in [0.15, 0.2) is 24.3 Å². The summed E-state index contributed by atoms with van der Waals surface area (Å²) in [7, 11) is 0. The van der Waals surface area contributed by atoms with Gasteiger partial charge in [0.05, 0.1) is 0 Å². The highest BCUT2D eigenvalue weighted by molar-refractivity contribution is 6.30. The third kappa shape index (κ3) is 5.19. The fourth-order valence-electron chi connectivity index (χ4n) is 2.30. The summed E-state index contributed by atoms with van der Waals surface area (Å²) in [6.07, 6.45) is 1.01. The highest BCUT2D eigenvalue weighted by atomic mass is 35.5. The number of carbonyl (C=O) groups excluding carboxylic acids is 1. The van der Waals surface area contributed by atoms with Crippen molar-refractivity contribution in [3.05, 3.63) is 29.3 Å². The monoisotopic (exact) mass is 311 g/mol. The number of hydrogen-bond acceptors (Lipinski definition) is 4. The van der Waals surface area contributed by atoms with E-state index in [-0.39, 0.29) is 12.5 Å². The molecule has 0 radical (unpaired) electrons. The molecule has 0 aromatic heterocycles. The van der Waals surface area contributed by atoms with Crippen molar-refractivity contribution in [1.29, 1.82) is 0 Å². The van der Waals surface area contributed by atoms with Crippen LogP contribution < -0.4 is 10.5 Å². The van der Waals surface area contributed by atoms with Crippen LogP contribution in [-0.2, 0) is 4.79 Å². The molecule has 1 heterocycles. The lowest BCUT2D eigenvalue weighted by Crippen LogP contribution is -2.50. The molecular formula is C15H22ClN3O2. The molecule has 1 amide bonds. The molecular weight excluding hydrogens is 290 g/mol. The third-order valence-corrected chi connectivity index (χ3v) is 3.83. The van der Waals surface area contributed by atoms with E-state index in [0.717, 1.165) is 39.1 Å². The molecule has 1 aliphatic heterocycles. The average Bonchev–Trinajstić information content (AvgIpc) is 2.52. The van der Waals surface area contributed by atoms with E-state index in [4.69, 9.17) is 22.1 Å². The van der Waals surface area contributed by atoms with Gasteiger partial charge in [0.15, 0.2) is 6.61 Å². The topological polar surface area (TPSA) is 58.8 Å². The molecule has 0 saturated carbocycles. The van der Waals surface area contributed by atoms with Gasteiger partial charge >= 0.3 is 0 Å². The van der Waals surface area contributed by atoms with Gasteiger partial charge in [-0.1, -0.05) is 11.6 Å². The van der Waals surface area contributed by atoms with Crippen molar-refractivity contribution in [1.82, 2.24) is 9.80 Å². The van der Waals surface area contributed by atoms with E-state index in [2.05, 4.69) is 4.90 Å². The maximum Gasteiger partial charge on any atom is 0.260 e. The number of amides is 1. The first-order valence-corrected chi connectivity index (χ1v) is 7.65. The fraction of sp³-hybridized carbons (Fsp3) is 0.533. The largest absolute Gasteiger partial charge is 0.484 e. The molecule has 1 aromatic rings. The average molecular weight is 312 g/mol. The van der Waals surface area contributed by atoms with Gasteiger partial charge in [-0.25, -0.2) is 0 Å². The number of benzene rings is 1. The first kappa shape index (κ1) is 16.1. The van der Waals surface area contributed by atoms with Crippen LogP contribution >= 0.6 is 11.6 Å². The lowest BCUT2D eigenvalue weighted by Gasteiger charge is -2.34. The molecule has 1 fully saturated rings. The van der Waals surface area contributed by atoms with Gasteiger partial charge in [0.25, 0.3) is 5.91 Å². The number of hydrogen-bond donors (Lipinski definition) is 1. The highest BCUT2D eigenvalue weighted by Gasteiger charge is 2.20. The molecule has 0 spiro atoms. The summed E-state index contributed by atoms with van der Waals surface area (Å²) in [6.45, 7) is 5.14. The minimum atomic E-state index is 0.0309. The van der Waals surface area contributed by atoms with Gasteiger partial charge in [-0.05, 0) is 43.8 Å². The number of ether oxygens (including phenoxy) is 1. The van der Waals surface area contributed by atoms with Crippen LogP contribution in [0.3, 0.4) is 0 Å². The lowest BCUT2D eigenvalue weighted by molar-refractivity contribution is -0.135. The van der Waals surface area contributed by atoms with Gasteiger partial charge in [0.2, 0.25) is 0 Å². The molecule has 1 saturated heterocycles. The summed E-state index contributed by atoms with van der Waals surface area (Å²) in [4.78, 5) is 16.3. The van der Waals surface area contributed by atoms with E-state index in [9.17, 15) is 4.79 Å². The second-order valence-corrected chi connectivity index (χ2v) is 5.54. The molecule has 0 unspecified atom stereocenters. The zero-order valence-electron chi connectivity index (χ0n) is 12.1. The van der Waals surface area contributed by atoms with Crippen LogP contribution in [0.2, 0.25) is 5.02 Å². The minimum absolute atomic E-state index is 0.0309. The van der Waals surface area contributed by atoms with Crippen LogP contribution in [0.1, 0.15) is 6.42 Å². The summed E-state index contributed by atoms with van der Waals surface area (Å²) in [5, 5.41) is 0.655. The first-order valence-electron chi connectivity index (χ1n) is 7.27. The van der Waals surface area contributed by atoms with Crippen molar-refractivity contribution >= 4 is 17.5 Å². The predicted molar refractivity (Wildman–Crippen MR) is 83.6 cm³/mol. The Bertz CT molecular complexity index is 445. The Morgan fingerprint density at radius 2 is 1.86 bits per heavy atom. The maximum atomic E-state index is 12.1. The molecule has 1 aliphatic rings. The number of nitrogens with two attached hydrogens (primary N) is 1. The zero-order valence-corrected chi connectivity index (χ0v) is 12.9. The van der Waals surface area contributed by atoms with E-state index < -0.39 is 0 Å². The number of carbonyl (C=O) groups is 1. The normalized spacial score (nSPS) is 16.0. The Balaban J connectivity index is 1.71. The molecule has 116 valence electrons. The van der Waals surface area contributed by atoms with Crippen molar-refractivity contribution in [2.24, 2.45) is 5.73 Å². The summed E-state index contributed by atoms with van der Waals surface area (Å²) < 4.78 is 5.49. The SMILES string of the molecule is NCCCN1CCN(C(=O)COc2ccc(Cl)cc2)CC1. The van der Waals surface area contributed by atoms with E-state index in [1.54, 1.807) is 24.3 Å². The van der Waals surface area contributed by atoms with E-state index in [0.29, 0.717) is 17.3 Å². The van der Waals surface area contributed by atoms with Gasteiger partial charge in [0.1, 0.15) is 5.75 Å². The quantitative estimate of drug-likeness (QED) is 0.858. The molecule has 0 atom stereocenters. The van der Waals surface area contributed by atoms with Crippen molar-refractivity contribution in [2.75, 3.05) is 45.9 Å². The smallest absolute Gasteiger partial charge is 0.260 e. The van der Waals surface area contributed by atoms with Gasteiger partial charge in [-0.3, -0.25) is 9.69 Å². The predicted octanol–water partition coefficient (Wildman–Crippen LogP) is 1.21. The van der Waals surface area contributed by atoms with Crippen LogP contribution in [0.5, 0.6) is 5.75 Å². The van der Waals surface area contributed by atoms with Gasteiger partial charge in [0, 0.05) is 31.2 Å².